The summed E-state index contributed by atoms with van der Waals surface area (Å²) in [6.07, 6.45) is 0.757. The molecule has 0 radical (unpaired) electrons. The first-order chi connectivity index (χ1) is 10.0. The summed E-state index contributed by atoms with van der Waals surface area (Å²) in [5.41, 5.74) is 4.36. The van der Waals surface area contributed by atoms with E-state index in [2.05, 4.69) is 37.4 Å². The first-order valence-corrected chi connectivity index (χ1v) is 7.12. The minimum Gasteiger partial charge on any atom is -0.497 e. The molecule has 0 aliphatic rings. The molecule has 112 valence electrons. The van der Waals surface area contributed by atoms with Crippen LogP contribution in [-0.2, 0) is 6.42 Å². The molecular formula is C18H22FNO. The molecule has 0 bridgehead atoms. The fraction of sp³-hybridized carbons (Fsp3) is 0.333. The zero-order valence-electron chi connectivity index (χ0n) is 13.0. The Labute approximate surface area is 126 Å². The molecule has 2 rings (SSSR count). The molecule has 0 amide bonds. The molecular weight excluding hydrogens is 265 g/mol. The van der Waals surface area contributed by atoms with Crippen molar-refractivity contribution in [2.75, 3.05) is 14.2 Å². The third-order valence-corrected chi connectivity index (χ3v) is 3.86. The van der Waals surface area contributed by atoms with Crippen molar-refractivity contribution < 1.29 is 9.13 Å². The van der Waals surface area contributed by atoms with E-state index < -0.39 is 0 Å². The summed E-state index contributed by atoms with van der Waals surface area (Å²) < 4.78 is 19.3. The van der Waals surface area contributed by atoms with Crippen LogP contribution >= 0.6 is 0 Å². The Morgan fingerprint density at radius 2 is 1.90 bits per heavy atom. The average Bonchev–Trinajstić information content (AvgIpc) is 2.48. The Hall–Kier alpha value is -1.87. The Morgan fingerprint density at radius 3 is 2.52 bits per heavy atom. The molecule has 1 N–H and O–H groups in total. The highest BCUT2D eigenvalue weighted by molar-refractivity contribution is 5.35. The summed E-state index contributed by atoms with van der Waals surface area (Å²) >= 11 is 0. The molecule has 0 spiro atoms. The first-order valence-electron chi connectivity index (χ1n) is 7.12. The normalized spacial score (nSPS) is 12.2. The third kappa shape index (κ3) is 3.61. The zero-order valence-corrected chi connectivity index (χ0v) is 13.0. The van der Waals surface area contributed by atoms with Crippen LogP contribution in [0.4, 0.5) is 4.39 Å². The van der Waals surface area contributed by atoms with Crippen molar-refractivity contribution in [3.8, 4) is 5.75 Å². The Balaban J connectivity index is 2.29. The molecule has 0 aromatic heterocycles. The van der Waals surface area contributed by atoms with Crippen LogP contribution in [0.5, 0.6) is 5.75 Å². The largest absolute Gasteiger partial charge is 0.497 e. The van der Waals surface area contributed by atoms with E-state index in [-0.39, 0.29) is 11.9 Å². The van der Waals surface area contributed by atoms with Gasteiger partial charge in [-0.15, -0.1) is 0 Å². The Kier molecular flexibility index (Phi) is 4.97. The molecule has 0 heterocycles. The maximum absolute atomic E-state index is 14.2. The molecule has 21 heavy (non-hydrogen) atoms. The van der Waals surface area contributed by atoms with E-state index in [4.69, 9.17) is 4.74 Å². The van der Waals surface area contributed by atoms with Gasteiger partial charge in [-0.2, -0.15) is 0 Å². The highest BCUT2D eigenvalue weighted by atomic mass is 19.1. The topological polar surface area (TPSA) is 21.3 Å². The molecule has 1 unspecified atom stereocenters. The number of likely N-dealkylation sites (N-methyl/N-ethyl adjacent to an activating group) is 1. The van der Waals surface area contributed by atoms with Crippen LogP contribution in [0.25, 0.3) is 0 Å². The Bertz CT molecular complexity index is 625. The van der Waals surface area contributed by atoms with Gasteiger partial charge in [-0.3, -0.25) is 0 Å². The van der Waals surface area contributed by atoms with Gasteiger partial charge in [0, 0.05) is 17.7 Å². The van der Waals surface area contributed by atoms with Crippen LogP contribution in [0.15, 0.2) is 36.4 Å². The van der Waals surface area contributed by atoms with Crippen LogP contribution in [0.3, 0.4) is 0 Å². The molecule has 0 saturated carbocycles. The summed E-state index contributed by atoms with van der Waals surface area (Å²) in [7, 11) is 3.40. The summed E-state index contributed by atoms with van der Waals surface area (Å²) in [6, 6.07) is 11.3. The van der Waals surface area contributed by atoms with Crippen molar-refractivity contribution in [2.45, 2.75) is 26.3 Å². The third-order valence-electron chi connectivity index (χ3n) is 3.86. The lowest BCUT2D eigenvalue weighted by Gasteiger charge is -2.19. The smallest absolute Gasteiger partial charge is 0.131 e. The number of aryl methyl sites for hydroxylation is 2. The van der Waals surface area contributed by atoms with E-state index in [9.17, 15) is 4.39 Å². The predicted molar refractivity (Wildman–Crippen MR) is 84.4 cm³/mol. The van der Waals surface area contributed by atoms with E-state index in [0.29, 0.717) is 11.3 Å². The number of rotatable bonds is 5. The van der Waals surface area contributed by atoms with Crippen LogP contribution in [-0.4, -0.2) is 14.2 Å². The molecule has 0 saturated heterocycles. The minimum atomic E-state index is -0.237. The number of hydrogen-bond donors (Lipinski definition) is 1. The number of benzene rings is 2. The van der Waals surface area contributed by atoms with Crippen LogP contribution in [0.1, 0.15) is 28.3 Å². The van der Waals surface area contributed by atoms with Gasteiger partial charge < -0.3 is 10.1 Å². The van der Waals surface area contributed by atoms with Gasteiger partial charge >= 0.3 is 0 Å². The summed E-state index contributed by atoms with van der Waals surface area (Å²) in [5, 5.41) is 3.21. The minimum absolute atomic E-state index is 0.0589. The number of methoxy groups -OCH3 is 1. The number of hydrogen-bond acceptors (Lipinski definition) is 2. The summed E-state index contributed by atoms with van der Waals surface area (Å²) in [4.78, 5) is 0. The van der Waals surface area contributed by atoms with Crippen LogP contribution in [0, 0.1) is 19.7 Å². The lowest BCUT2D eigenvalue weighted by molar-refractivity contribution is 0.409. The molecule has 2 aromatic rings. The maximum atomic E-state index is 14.2. The molecule has 0 aliphatic carbocycles. The monoisotopic (exact) mass is 287 g/mol. The van der Waals surface area contributed by atoms with Gasteiger partial charge in [0.1, 0.15) is 11.6 Å². The summed E-state index contributed by atoms with van der Waals surface area (Å²) in [6.45, 7) is 4.16. The van der Waals surface area contributed by atoms with Gasteiger partial charge in [-0.1, -0.05) is 29.8 Å². The van der Waals surface area contributed by atoms with E-state index in [1.54, 1.807) is 19.2 Å². The standard InChI is InChI=1S/C18H22FNO/c1-12-5-6-13(2)14(9-12)10-18(20-3)16-8-7-15(21-4)11-17(16)19/h5-9,11,18,20H,10H2,1-4H3. The Morgan fingerprint density at radius 1 is 1.14 bits per heavy atom. The number of ether oxygens (including phenoxy) is 1. The first kappa shape index (κ1) is 15.5. The average molecular weight is 287 g/mol. The molecule has 2 aromatic carbocycles. The highest BCUT2D eigenvalue weighted by Crippen LogP contribution is 2.26. The lowest BCUT2D eigenvalue weighted by Crippen LogP contribution is -2.20. The molecule has 2 nitrogen and oxygen atoms in total. The van der Waals surface area contributed by atoms with Crippen molar-refractivity contribution in [3.63, 3.8) is 0 Å². The van der Waals surface area contributed by atoms with Crippen LogP contribution in [0.2, 0.25) is 0 Å². The van der Waals surface area contributed by atoms with E-state index in [1.165, 1.54) is 22.8 Å². The second kappa shape index (κ2) is 6.72. The van der Waals surface area contributed by atoms with Gasteiger partial charge in [0.15, 0.2) is 0 Å². The van der Waals surface area contributed by atoms with Crippen molar-refractivity contribution >= 4 is 0 Å². The van der Waals surface area contributed by atoms with E-state index >= 15 is 0 Å². The summed E-state index contributed by atoms with van der Waals surface area (Å²) in [5.74, 6) is 0.303. The SMILES string of the molecule is CNC(Cc1cc(C)ccc1C)c1ccc(OC)cc1F. The van der Waals surface area contributed by atoms with Crippen molar-refractivity contribution in [2.24, 2.45) is 0 Å². The van der Waals surface area contributed by atoms with Gasteiger partial charge in [-0.25, -0.2) is 4.39 Å². The van der Waals surface area contributed by atoms with Gasteiger partial charge in [0.05, 0.1) is 7.11 Å². The molecule has 3 heteroatoms. The predicted octanol–water partition coefficient (Wildman–Crippen LogP) is 3.95. The second-order valence-electron chi connectivity index (χ2n) is 5.36. The number of nitrogens with one attached hydrogen (secondary N) is 1. The fourth-order valence-corrected chi connectivity index (χ4v) is 2.53. The fourth-order valence-electron chi connectivity index (χ4n) is 2.53. The zero-order chi connectivity index (χ0) is 15.4. The van der Waals surface area contributed by atoms with E-state index in [0.717, 1.165) is 6.42 Å². The van der Waals surface area contributed by atoms with Crippen molar-refractivity contribution in [3.05, 3.63) is 64.5 Å². The molecule has 0 aliphatic heterocycles. The molecule has 1 atom stereocenters. The lowest BCUT2D eigenvalue weighted by atomic mass is 9.94. The maximum Gasteiger partial charge on any atom is 0.131 e. The quantitative estimate of drug-likeness (QED) is 0.899. The van der Waals surface area contributed by atoms with Gasteiger partial charge in [0.2, 0.25) is 0 Å². The van der Waals surface area contributed by atoms with Crippen molar-refractivity contribution in [1.29, 1.82) is 0 Å². The van der Waals surface area contributed by atoms with Gasteiger partial charge in [0.25, 0.3) is 0 Å². The van der Waals surface area contributed by atoms with Crippen LogP contribution < -0.4 is 10.1 Å². The van der Waals surface area contributed by atoms with Crippen molar-refractivity contribution in [1.82, 2.24) is 5.32 Å². The second-order valence-corrected chi connectivity index (χ2v) is 5.36. The highest BCUT2D eigenvalue weighted by Gasteiger charge is 2.16. The van der Waals surface area contributed by atoms with Gasteiger partial charge in [-0.05, 0) is 44.5 Å². The number of halogens is 1. The molecule has 0 fully saturated rings. The van der Waals surface area contributed by atoms with E-state index in [1.807, 2.05) is 7.05 Å².